The third kappa shape index (κ3) is 3.18. The van der Waals surface area contributed by atoms with E-state index < -0.39 is 8.24 Å². The van der Waals surface area contributed by atoms with E-state index in [1.807, 2.05) is 0 Å². The maximum atomic E-state index is 5.84. The summed E-state index contributed by atoms with van der Waals surface area (Å²) in [5, 5.41) is 5.84. The van der Waals surface area contributed by atoms with E-state index in [1.165, 1.54) is 6.42 Å². The first-order valence-corrected chi connectivity index (χ1v) is 6.10. The third-order valence-corrected chi connectivity index (χ3v) is 3.86. The first kappa shape index (κ1) is 8.14. The van der Waals surface area contributed by atoms with Crippen LogP contribution in [0.3, 0.4) is 0 Å². The van der Waals surface area contributed by atoms with E-state index in [4.69, 9.17) is 11.1 Å². The molecule has 0 fully saturated rings. The molecule has 2 nitrogen and oxygen atoms in total. The average molecular weight is 132 g/mol. The van der Waals surface area contributed by atoms with Crippen LogP contribution < -0.4 is 11.1 Å². The summed E-state index contributed by atoms with van der Waals surface area (Å²) < 4.78 is 0. The largest absolute Gasteiger partial charge is 0.350 e. The Morgan fingerprint density at radius 3 is 2.12 bits per heavy atom. The van der Waals surface area contributed by atoms with Crippen molar-refractivity contribution in [2.45, 2.75) is 25.9 Å². The molecule has 4 N–H and O–H groups in total. The minimum absolute atomic E-state index is 0.723. The zero-order valence-corrected chi connectivity index (χ0v) is 6.78. The Bertz CT molecular complexity index is 63.4. The summed E-state index contributed by atoms with van der Waals surface area (Å²) in [5.74, 6) is 0. The molecule has 0 aromatic carbocycles. The molecule has 0 saturated heterocycles. The van der Waals surface area contributed by atoms with Gasteiger partial charge in [0.2, 0.25) is 0 Å². The van der Waals surface area contributed by atoms with Crippen molar-refractivity contribution in [1.29, 1.82) is 0 Å². The van der Waals surface area contributed by atoms with Gasteiger partial charge in [0.25, 0.3) is 0 Å². The van der Waals surface area contributed by atoms with Crippen molar-refractivity contribution in [2.24, 2.45) is 11.1 Å². The lowest BCUT2D eigenvalue weighted by molar-refractivity contribution is 1.02. The van der Waals surface area contributed by atoms with Gasteiger partial charge in [-0.15, -0.1) is 0 Å². The van der Waals surface area contributed by atoms with Crippen molar-refractivity contribution in [1.82, 2.24) is 0 Å². The van der Waals surface area contributed by atoms with Crippen molar-refractivity contribution in [3.8, 4) is 0 Å². The van der Waals surface area contributed by atoms with Crippen LogP contribution in [0.5, 0.6) is 0 Å². The van der Waals surface area contributed by atoms with Crippen LogP contribution in [-0.2, 0) is 0 Å². The quantitative estimate of drug-likeness (QED) is 0.547. The molecule has 0 bridgehead atoms. The van der Waals surface area contributed by atoms with Crippen molar-refractivity contribution in [3.63, 3.8) is 0 Å². The van der Waals surface area contributed by atoms with Crippen LogP contribution in [0.2, 0.25) is 12.6 Å². The minimum Gasteiger partial charge on any atom is -0.350 e. The fourth-order valence-corrected chi connectivity index (χ4v) is 2.02. The Hall–Kier alpha value is 0.137. The number of hydrogen-bond acceptors (Lipinski definition) is 2. The van der Waals surface area contributed by atoms with Gasteiger partial charge in [0, 0.05) is 6.17 Å². The number of hydrogen-bond donors (Lipinski definition) is 2. The molecule has 0 aromatic rings. The van der Waals surface area contributed by atoms with E-state index in [9.17, 15) is 0 Å². The highest BCUT2D eigenvalue weighted by atomic mass is 28.3. The van der Waals surface area contributed by atoms with Crippen molar-refractivity contribution < 1.29 is 0 Å². The molecule has 0 aliphatic carbocycles. The first-order valence-electron chi connectivity index (χ1n) is 3.11. The minimum atomic E-state index is -1.40. The Balaban J connectivity index is 3.37. The fraction of sp³-hybridized carbons (Fsp3) is 1.00. The molecule has 0 saturated carbocycles. The van der Waals surface area contributed by atoms with Gasteiger partial charge in [-0.05, 0) is 6.04 Å². The Morgan fingerprint density at radius 1 is 1.50 bits per heavy atom. The normalized spacial score (nSPS) is 18.0. The second-order valence-electron chi connectivity index (χ2n) is 2.61. The van der Waals surface area contributed by atoms with Gasteiger partial charge in [0.1, 0.15) is 8.24 Å². The topological polar surface area (TPSA) is 52.0 Å². The molecular weight excluding hydrogens is 116 g/mol. The molecule has 3 heteroatoms. The molecule has 0 aromatic heterocycles. The first-order chi connectivity index (χ1) is 3.62. The van der Waals surface area contributed by atoms with E-state index >= 15 is 0 Å². The Morgan fingerprint density at radius 2 is 2.00 bits per heavy atom. The van der Waals surface area contributed by atoms with Crippen LogP contribution in [0.4, 0.5) is 0 Å². The molecule has 0 heterocycles. The van der Waals surface area contributed by atoms with Gasteiger partial charge in [-0.3, -0.25) is 0 Å². The Labute approximate surface area is 52.3 Å². The van der Waals surface area contributed by atoms with Gasteiger partial charge in [-0.25, -0.2) is 0 Å². The highest BCUT2D eigenvalue weighted by Gasteiger charge is 2.16. The van der Waals surface area contributed by atoms with Crippen molar-refractivity contribution >= 4 is 8.24 Å². The predicted molar refractivity (Wildman–Crippen MR) is 40.0 cm³/mol. The highest BCUT2D eigenvalue weighted by Crippen LogP contribution is 2.01. The van der Waals surface area contributed by atoms with Crippen LogP contribution in [0, 0.1) is 0 Å². The van der Waals surface area contributed by atoms with Gasteiger partial charge < -0.3 is 11.1 Å². The predicted octanol–water partition coefficient (Wildman–Crippen LogP) is 0.428. The van der Waals surface area contributed by atoms with E-state index in [0.29, 0.717) is 0 Å². The SMILES string of the molecule is CCC[Si](C)(N)CN. The van der Waals surface area contributed by atoms with Gasteiger partial charge in [-0.1, -0.05) is 19.9 Å². The summed E-state index contributed by atoms with van der Waals surface area (Å²) in [5.41, 5.74) is 5.43. The molecule has 0 aliphatic rings. The molecule has 0 spiro atoms. The third-order valence-electron chi connectivity index (χ3n) is 1.29. The van der Waals surface area contributed by atoms with Crippen LogP contribution in [0.15, 0.2) is 0 Å². The summed E-state index contributed by atoms with van der Waals surface area (Å²) in [6.07, 6.45) is 1.90. The zero-order valence-electron chi connectivity index (χ0n) is 5.78. The average Bonchev–Trinajstić information content (AvgIpc) is 1.67. The van der Waals surface area contributed by atoms with Crippen LogP contribution in [-0.4, -0.2) is 14.4 Å². The molecular formula is C5H16N2Si. The number of rotatable bonds is 3. The van der Waals surface area contributed by atoms with Crippen LogP contribution in [0.1, 0.15) is 13.3 Å². The van der Waals surface area contributed by atoms with Gasteiger partial charge >= 0.3 is 0 Å². The van der Waals surface area contributed by atoms with Crippen LogP contribution in [0.25, 0.3) is 0 Å². The molecule has 0 aliphatic heterocycles. The number of nitrogens with two attached hydrogens (primary N) is 2. The molecule has 0 radical (unpaired) electrons. The Kier molecular flexibility index (Phi) is 3.27. The summed E-state index contributed by atoms with van der Waals surface area (Å²) in [4.78, 5) is 0. The van der Waals surface area contributed by atoms with E-state index in [0.717, 1.165) is 12.2 Å². The maximum absolute atomic E-state index is 5.84. The van der Waals surface area contributed by atoms with Crippen molar-refractivity contribution in [2.75, 3.05) is 6.17 Å². The molecule has 0 rings (SSSR count). The summed E-state index contributed by atoms with van der Waals surface area (Å²) in [7, 11) is -1.40. The van der Waals surface area contributed by atoms with E-state index in [1.54, 1.807) is 0 Å². The summed E-state index contributed by atoms with van der Waals surface area (Å²) in [6, 6.07) is 1.16. The van der Waals surface area contributed by atoms with Crippen LogP contribution >= 0.6 is 0 Å². The second-order valence-corrected chi connectivity index (χ2v) is 6.82. The standard InChI is InChI=1S/C5H16N2Si/c1-3-4-8(2,7)5-6/h3-7H2,1-2H3. The summed E-state index contributed by atoms with van der Waals surface area (Å²) in [6.45, 7) is 4.27. The monoisotopic (exact) mass is 132 g/mol. The van der Waals surface area contributed by atoms with E-state index in [-0.39, 0.29) is 0 Å². The molecule has 8 heavy (non-hydrogen) atoms. The molecule has 1 unspecified atom stereocenters. The zero-order chi connectivity index (χ0) is 6.62. The molecule has 50 valence electrons. The second kappa shape index (κ2) is 3.22. The lowest BCUT2D eigenvalue weighted by Crippen LogP contribution is -2.49. The highest BCUT2D eigenvalue weighted by molar-refractivity contribution is 6.75. The van der Waals surface area contributed by atoms with Crippen molar-refractivity contribution in [3.05, 3.63) is 0 Å². The fourth-order valence-electron chi connectivity index (χ4n) is 0.673. The lowest BCUT2D eigenvalue weighted by atomic mass is 10.6. The lowest BCUT2D eigenvalue weighted by Gasteiger charge is -2.17. The van der Waals surface area contributed by atoms with Gasteiger partial charge in [0.15, 0.2) is 0 Å². The van der Waals surface area contributed by atoms with E-state index in [2.05, 4.69) is 13.5 Å². The smallest absolute Gasteiger partial charge is 0.133 e. The maximum Gasteiger partial charge on any atom is 0.133 e. The summed E-state index contributed by atoms with van der Waals surface area (Å²) >= 11 is 0. The van der Waals surface area contributed by atoms with Gasteiger partial charge in [0.05, 0.1) is 0 Å². The van der Waals surface area contributed by atoms with Gasteiger partial charge in [-0.2, -0.15) is 0 Å². The molecule has 0 amide bonds. The molecule has 1 atom stereocenters.